The molecular weight excluding hydrogens is 332 g/mol. The molecule has 0 saturated heterocycles. The average Bonchev–Trinajstić information content (AvgIpc) is 3.18. The van der Waals surface area contributed by atoms with Crippen molar-refractivity contribution in [3.05, 3.63) is 108 Å². The number of hydrazone groups is 1. The lowest BCUT2D eigenvalue weighted by Gasteiger charge is -2.24. The molecule has 0 N–H and O–H groups in total. The molecule has 0 amide bonds. The van der Waals surface area contributed by atoms with E-state index >= 15 is 0 Å². The Morgan fingerprint density at radius 1 is 0.778 bits per heavy atom. The molecule has 3 nitrogen and oxygen atoms in total. The molecule has 0 fully saturated rings. The summed E-state index contributed by atoms with van der Waals surface area (Å²) in [4.78, 5) is 10.9. The van der Waals surface area contributed by atoms with Crippen molar-refractivity contribution in [3.8, 4) is 0 Å². The third kappa shape index (κ3) is 3.87. The lowest BCUT2D eigenvalue weighted by atomic mass is 10.0. The zero-order valence-electron chi connectivity index (χ0n) is 14.9. The summed E-state index contributed by atoms with van der Waals surface area (Å²) in [6, 6.07) is 28.4. The van der Waals surface area contributed by atoms with Crippen LogP contribution in [-0.4, -0.2) is 12.0 Å². The molecule has 0 unspecified atom stereocenters. The fraction of sp³-hybridized carbons (Fsp3) is 0.0833. The second-order valence-electron chi connectivity index (χ2n) is 6.52. The Morgan fingerprint density at radius 2 is 1.44 bits per heavy atom. The van der Waals surface area contributed by atoms with Crippen LogP contribution in [0.2, 0.25) is 0 Å². The van der Waals surface area contributed by atoms with E-state index in [1.807, 2.05) is 48.5 Å². The molecule has 0 aromatic heterocycles. The number of hydrogen-bond acceptors (Lipinski definition) is 3. The van der Waals surface area contributed by atoms with Gasteiger partial charge in [-0.3, -0.25) is 9.80 Å². The number of benzene rings is 3. The van der Waals surface area contributed by atoms with Crippen LogP contribution in [0, 0.1) is 0 Å². The SMILES string of the molecule is O=Cc1ccc(N2N=C(/C=C/c3ccccc3)C[C@H]2c2ccccc2)cc1. The molecule has 3 aromatic carbocycles. The van der Waals surface area contributed by atoms with Crippen molar-refractivity contribution in [1.29, 1.82) is 0 Å². The van der Waals surface area contributed by atoms with Crippen LogP contribution in [-0.2, 0) is 0 Å². The number of allylic oxidation sites excluding steroid dienone is 1. The molecule has 0 aliphatic carbocycles. The molecule has 0 radical (unpaired) electrons. The van der Waals surface area contributed by atoms with Crippen molar-refractivity contribution in [3.63, 3.8) is 0 Å². The molecule has 1 heterocycles. The third-order valence-electron chi connectivity index (χ3n) is 4.68. The second kappa shape index (κ2) is 7.83. The van der Waals surface area contributed by atoms with Gasteiger partial charge in [0.1, 0.15) is 6.29 Å². The molecule has 1 aliphatic heterocycles. The summed E-state index contributed by atoms with van der Waals surface area (Å²) in [7, 11) is 0. The molecule has 3 heteroatoms. The lowest BCUT2D eigenvalue weighted by molar-refractivity contribution is 0.112. The number of nitrogens with zero attached hydrogens (tertiary/aromatic N) is 2. The van der Waals surface area contributed by atoms with Crippen molar-refractivity contribution < 1.29 is 4.79 Å². The summed E-state index contributed by atoms with van der Waals surface area (Å²) in [6.45, 7) is 0. The minimum absolute atomic E-state index is 0.142. The molecule has 1 aliphatic rings. The average molecular weight is 352 g/mol. The van der Waals surface area contributed by atoms with Crippen molar-refractivity contribution in [2.24, 2.45) is 5.10 Å². The van der Waals surface area contributed by atoms with Crippen LogP contribution >= 0.6 is 0 Å². The van der Waals surface area contributed by atoms with Crippen molar-refractivity contribution in [2.45, 2.75) is 12.5 Å². The Balaban J connectivity index is 1.65. The summed E-state index contributed by atoms with van der Waals surface area (Å²) in [5.41, 5.74) is 5.07. The quantitative estimate of drug-likeness (QED) is 0.566. The molecule has 0 spiro atoms. The molecule has 0 bridgehead atoms. The molecular formula is C24H20N2O. The smallest absolute Gasteiger partial charge is 0.150 e. The van der Waals surface area contributed by atoms with Gasteiger partial charge in [0.25, 0.3) is 0 Å². The molecule has 0 saturated carbocycles. The minimum Gasteiger partial charge on any atom is -0.298 e. The third-order valence-corrected chi connectivity index (χ3v) is 4.68. The summed E-state index contributed by atoms with van der Waals surface area (Å²) in [5, 5.41) is 6.91. The normalized spacial score (nSPS) is 16.5. The fourth-order valence-electron chi connectivity index (χ4n) is 3.27. The summed E-state index contributed by atoms with van der Waals surface area (Å²) in [6.07, 6.45) is 5.88. The highest BCUT2D eigenvalue weighted by Gasteiger charge is 2.28. The zero-order chi connectivity index (χ0) is 18.5. The molecule has 1 atom stereocenters. The van der Waals surface area contributed by atoms with Gasteiger partial charge >= 0.3 is 0 Å². The first-order valence-electron chi connectivity index (χ1n) is 9.03. The number of carbonyl (C=O) groups is 1. The van der Waals surface area contributed by atoms with Gasteiger partial charge in [-0.05, 0) is 41.5 Å². The number of rotatable bonds is 5. The summed E-state index contributed by atoms with van der Waals surface area (Å²) >= 11 is 0. The van der Waals surface area contributed by atoms with E-state index in [9.17, 15) is 4.79 Å². The van der Waals surface area contributed by atoms with Crippen LogP contribution in [0.4, 0.5) is 5.69 Å². The molecule has 27 heavy (non-hydrogen) atoms. The van der Waals surface area contributed by atoms with E-state index in [2.05, 4.69) is 53.6 Å². The standard InChI is InChI=1S/C24H20N2O/c27-18-20-12-15-23(16-13-20)26-24(21-9-5-2-6-10-21)17-22(25-26)14-11-19-7-3-1-4-8-19/h1-16,18,24H,17H2/b14-11+/t24-/m0/s1. The first kappa shape index (κ1) is 17.0. The number of aldehydes is 1. The zero-order valence-corrected chi connectivity index (χ0v) is 14.9. The van der Waals surface area contributed by atoms with Gasteiger partial charge in [0.15, 0.2) is 0 Å². The van der Waals surface area contributed by atoms with Gasteiger partial charge < -0.3 is 0 Å². The number of hydrogen-bond donors (Lipinski definition) is 0. The summed E-state index contributed by atoms with van der Waals surface area (Å²) in [5.74, 6) is 0. The van der Waals surface area contributed by atoms with Gasteiger partial charge in [-0.25, -0.2) is 0 Å². The van der Waals surface area contributed by atoms with Crippen LogP contribution in [0.5, 0.6) is 0 Å². The van der Waals surface area contributed by atoms with E-state index in [4.69, 9.17) is 5.10 Å². The largest absolute Gasteiger partial charge is 0.298 e. The number of carbonyl (C=O) groups excluding carboxylic acids is 1. The Hall–Kier alpha value is -3.46. The van der Waals surface area contributed by atoms with E-state index in [1.165, 1.54) is 5.56 Å². The van der Waals surface area contributed by atoms with E-state index in [0.717, 1.165) is 29.7 Å². The van der Waals surface area contributed by atoms with Gasteiger partial charge in [-0.2, -0.15) is 5.10 Å². The second-order valence-corrected chi connectivity index (χ2v) is 6.52. The van der Waals surface area contributed by atoms with Crippen LogP contribution in [0.3, 0.4) is 0 Å². The highest BCUT2D eigenvalue weighted by atomic mass is 16.1. The van der Waals surface area contributed by atoms with Gasteiger partial charge in [0.2, 0.25) is 0 Å². The van der Waals surface area contributed by atoms with E-state index < -0.39 is 0 Å². The molecule has 4 rings (SSSR count). The van der Waals surface area contributed by atoms with Crippen LogP contribution in [0.15, 0.2) is 96.1 Å². The van der Waals surface area contributed by atoms with Crippen LogP contribution in [0.1, 0.15) is 33.9 Å². The Bertz CT molecular complexity index is 960. The predicted octanol–water partition coefficient (Wildman–Crippen LogP) is 5.52. The number of anilines is 1. The highest BCUT2D eigenvalue weighted by Crippen LogP contribution is 2.35. The monoisotopic (exact) mass is 352 g/mol. The van der Waals surface area contributed by atoms with Gasteiger partial charge in [-0.15, -0.1) is 0 Å². The fourth-order valence-corrected chi connectivity index (χ4v) is 3.27. The maximum Gasteiger partial charge on any atom is 0.150 e. The Kier molecular flexibility index (Phi) is 4.93. The maximum absolute atomic E-state index is 10.9. The van der Waals surface area contributed by atoms with Gasteiger partial charge in [0, 0.05) is 12.0 Å². The van der Waals surface area contributed by atoms with Crippen molar-refractivity contribution in [1.82, 2.24) is 0 Å². The van der Waals surface area contributed by atoms with Gasteiger partial charge in [0.05, 0.1) is 17.4 Å². The minimum atomic E-state index is 0.142. The maximum atomic E-state index is 10.9. The predicted molar refractivity (Wildman–Crippen MR) is 111 cm³/mol. The highest BCUT2D eigenvalue weighted by molar-refractivity contribution is 6.01. The molecule has 132 valence electrons. The van der Waals surface area contributed by atoms with Gasteiger partial charge in [-0.1, -0.05) is 66.7 Å². The van der Waals surface area contributed by atoms with Crippen molar-refractivity contribution in [2.75, 3.05) is 5.01 Å². The van der Waals surface area contributed by atoms with Crippen LogP contribution in [0.25, 0.3) is 6.08 Å². The van der Waals surface area contributed by atoms with E-state index in [-0.39, 0.29) is 6.04 Å². The Morgan fingerprint density at radius 3 is 2.11 bits per heavy atom. The first-order chi connectivity index (χ1) is 13.3. The van der Waals surface area contributed by atoms with E-state index in [1.54, 1.807) is 0 Å². The first-order valence-corrected chi connectivity index (χ1v) is 9.03. The summed E-state index contributed by atoms with van der Waals surface area (Å²) < 4.78 is 0. The van der Waals surface area contributed by atoms with E-state index in [0.29, 0.717) is 5.56 Å². The topological polar surface area (TPSA) is 32.7 Å². The van der Waals surface area contributed by atoms with Crippen molar-refractivity contribution >= 4 is 23.8 Å². The lowest BCUT2D eigenvalue weighted by Crippen LogP contribution is -2.18. The molecule has 3 aromatic rings. The Labute approximate surface area is 159 Å². The van der Waals surface area contributed by atoms with Crippen LogP contribution < -0.4 is 5.01 Å².